The summed E-state index contributed by atoms with van der Waals surface area (Å²) in [5.74, 6) is -1.52. The molecule has 1 rings (SSSR count). The molecule has 0 radical (unpaired) electrons. The van der Waals surface area contributed by atoms with Crippen LogP contribution in [0.5, 0.6) is 0 Å². The standard InChI is InChI=1S/C13H17BrN2O3/c1-8-4-10(14)6-11(5-8)15-13(19)16(3)7-9(2)12(17)18/h4-6,9H,7H2,1-3H3,(H,15,19)(H,17,18). The molecule has 0 aliphatic heterocycles. The molecule has 1 aromatic carbocycles. The van der Waals surface area contributed by atoms with Gasteiger partial charge in [0.2, 0.25) is 0 Å². The fourth-order valence-electron chi connectivity index (χ4n) is 1.60. The van der Waals surface area contributed by atoms with Crippen LogP contribution in [-0.2, 0) is 4.79 Å². The minimum absolute atomic E-state index is 0.161. The number of halogens is 1. The molecule has 5 nitrogen and oxygen atoms in total. The molecule has 1 unspecified atom stereocenters. The van der Waals surface area contributed by atoms with E-state index in [1.54, 1.807) is 20.0 Å². The molecule has 1 atom stereocenters. The molecule has 0 fully saturated rings. The SMILES string of the molecule is Cc1cc(Br)cc(NC(=O)N(C)CC(C)C(=O)O)c1. The largest absolute Gasteiger partial charge is 0.481 e. The van der Waals surface area contributed by atoms with Crippen LogP contribution >= 0.6 is 15.9 Å². The number of carbonyl (C=O) groups excluding carboxylic acids is 1. The number of rotatable bonds is 4. The maximum absolute atomic E-state index is 11.9. The van der Waals surface area contributed by atoms with Crippen LogP contribution in [0.2, 0.25) is 0 Å². The number of nitrogens with zero attached hydrogens (tertiary/aromatic N) is 1. The lowest BCUT2D eigenvalue weighted by Crippen LogP contribution is -2.36. The molecule has 0 aliphatic rings. The predicted octanol–water partition coefficient (Wildman–Crippen LogP) is 2.94. The number of anilines is 1. The summed E-state index contributed by atoms with van der Waals surface area (Å²) < 4.78 is 0.879. The van der Waals surface area contributed by atoms with Gasteiger partial charge in [-0.2, -0.15) is 0 Å². The number of amides is 2. The second-order valence-electron chi connectivity index (χ2n) is 4.57. The number of aryl methyl sites for hydroxylation is 1. The molecule has 6 heteroatoms. The molecule has 0 aromatic heterocycles. The highest BCUT2D eigenvalue weighted by Crippen LogP contribution is 2.19. The maximum atomic E-state index is 11.9. The van der Waals surface area contributed by atoms with Gasteiger partial charge in [-0.15, -0.1) is 0 Å². The second-order valence-corrected chi connectivity index (χ2v) is 5.48. The zero-order valence-electron chi connectivity index (χ0n) is 11.1. The molecule has 0 bridgehead atoms. The third-order valence-corrected chi connectivity index (χ3v) is 3.07. The lowest BCUT2D eigenvalue weighted by molar-refractivity contribution is -0.141. The molecule has 0 saturated carbocycles. The van der Waals surface area contributed by atoms with E-state index < -0.39 is 11.9 Å². The molecule has 19 heavy (non-hydrogen) atoms. The van der Waals surface area contributed by atoms with Gasteiger partial charge >= 0.3 is 12.0 Å². The van der Waals surface area contributed by atoms with Crippen molar-refractivity contribution < 1.29 is 14.7 Å². The Morgan fingerprint density at radius 1 is 1.42 bits per heavy atom. The summed E-state index contributed by atoms with van der Waals surface area (Å²) in [6, 6.07) is 5.24. The van der Waals surface area contributed by atoms with Crippen LogP contribution in [0.4, 0.5) is 10.5 Å². The summed E-state index contributed by atoms with van der Waals surface area (Å²) in [5, 5.41) is 11.5. The van der Waals surface area contributed by atoms with Crippen molar-refractivity contribution in [1.29, 1.82) is 0 Å². The fraction of sp³-hybridized carbons (Fsp3) is 0.385. The van der Waals surface area contributed by atoms with Crippen molar-refractivity contribution in [3.05, 3.63) is 28.2 Å². The van der Waals surface area contributed by atoms with Crippen LogP contribution < -0.4 is 5.32 Å². The average Bonchev–Trinajstić information content (AvgIpc) is 2.26. The zero-order chi connectivity index (χ0) is 14.6. The summed E-state index contributed by atoms with van der Waals surface area (Å²) in [7, 11) is 1.57. The van der Waals surface area contributed by atoms with E-state index in [-0.39, 0.29) is 12.6 Å². The van der Waals surface area contributed by atoms with Crippen LogP contribution in [0.15, 0.2) is 22.7 Å². The Kier molecular flexibility index (Phi) is 5.35. The summed E-state index contributed by atoms with van der Waals surface area (Å²) in [6.07, 6.45) is 0. The number of carbonyl (C=O) groups is 2. The third kappa shape index (κ3) is 4.90. The minimum Gasteiger partial charge on any atom is -0.481 e. The highest BCUT2D eigenvalue weighted by atomic mass is 79.9. The number of carboxylic acid groups (broad SMARTS) is 1. The number of aliphatic carboxylic acids is 1. The molecule has 104 valence electrons. The van der Waals surface area contributed by atoms with E-state index in [0.717, 1.165) is 10.0 Å². The van der Waals surface area contributed by atoms with Crippen LogP contribution in [0, 0.1) is 12.8 Å². The molecule has 0 saturated heterocycles. The summed E-state index contributed by atoms with van der Waals surface area (Å²) >= 11 is 3.36. The first kappa shape index (κ1) is 15.5. The van der Waals surface area contributed by atoms with Crippen molar-refractivity contribution in [2.24, 2.45) is 5.92 Å². The monoisotopic (exact) mass is 328 g/mol. The van der Waals surface area contributed by atoms with Gasteiger partial charge in [-0.05, 0) is 30.7 Å². The van der Waals surface area contributed by atoms with Crippen LogP contribution in [0.3, 0.4) is 0 Å². The van der Waals surface area contributed by atoms with Gasteiger partial charge in [-0.3, -0.25) is 4.79 Å². The van der Waals surface area contributed by atoms with Crippen molar-refractivity contribution in [2.75, 3.05) is 18.9 Å². The molecule has 2 amide bonds. The van der Waals surface area contributed by atoms with Crippen LogP contribution in [0.1, 0.15) is 12.5 Å². The van der Waals surface area contributed by atoms with Gasteiger partial charge in [0.15, 0.2) is 0 Å². The second kappa shape index (κ2) is 6.56. The zero-order valence-corrected chi connectivity index (χ0v) is 12.7. The molecule has 0 aliphatic carbocycles. The molecule has 0 spiro atoms. The van der Waals surface area contributed by atoms with Crippen molar-refractivity contribution in [2.45, 2.75) is 13.8 Å². The topological polar surface area (TPSA) is 69.6 Å². The van der Waals surface area contributed by atoms with Gasteiger partial charge in [0, 0.05) is 23.8 Å². The molecule has 2 N–H and O–H groups in total. The molecular formula is C13H17BrN2O3. The Labute approximate surface area is 120 Å². The van der Waals surface area contributed by atoms with E-state index in [2.05, 4.69) is 21.2 Å². The fourth-order valence-corrected chi connectivity index (χ4v) is 2.21. The van der Waals surface area contributed by atoms with E-state index in [1.165, 1.54) is 4.90 Å². The van der Waals surface area contributed by atoms with Gasteiger partial charge in [-0.25, -0.2) is 4.79 Å². The number of hydrogen-bond donors (Lipinski definition) is 2. The first-order valence-corrected chi connectivity index (χ1v) is 6.61. The van der Waals surface area contributed by atoms with Crippen molar-refractivity contribution in [1.82, 2.24) is 4.90 Å². The van der Waals surface area contributed by atoms with E-state index in [1.807, 2.05) is 19.1 Å². The van der Waals surface area contributed by atoms with Gasteiger partial charge in [0.1, 0.15) is 0 Å². The normalized spacial score (nSPS) is 11.8. The van der Waals surface area contributed by atoms with Gasteiger partial charge in [0.25, 0.3) is 0 Å². The first-order valence-electron chi connectivity index (χ1n) is 5.81. The quantitative estimate of drug-likeness (QED) is 0.892. The van der Waals surface area contributed by atoms with Crippen molar-refractivity contribution in [3.8, 4) is 0 Å². The summed E-state index contributed by atoms with van der Waals surface area (Å²) in [5.41, 5.74) is 1.69. The van der Waals surface area contributed by atoms with E-state index in [0.29, 0.717) is 5.69 Å². The third-order valence-electron chi connectivity index (χ3n) is 2.61. The highest BCUT2D eigenvalue weighted by Gasteiger charge is 2.17. The van der Waals surface area contributed by atoms with Gasteiger partial charge in [-0.1, -0.05) is 22.9 Å². The highest BCUT2D eigenvalue weighted by molar-refractivity contribution is 9.10. The maximum Gasteiger partial charge on any atom is 0.321 e. The Morgan fingerprint density at radius 3 is 2.58 bits per heavy atom. The number of nitrogens with one attached hydrogen (secondary N) is 1. The molecular weight excluding hydrogens is 312 g/mol. The van der Waals surface area contributed by atoms with E-state index >= 15 is 0 Å². The Balaban J connectivity index is 2.66. The first-order chi connectivity index (χ1) is 8.79. The van der Waals surface area contributed by atoms with Crippen molar-refractivity contribution in [3.63, 3.8) is 0 Å². The smallest absolute Gasteiger partial charge is 0.321 e. The summed E-state index contributed by atoms with van der Waals surface area (Å²) in [6.45, 7) is 3.65. The Hall–Kier alpha value is -1.56. The van der Waals surface area contributed by atoms with Gasteiger partial charge in [0.05, 0.1) is 5.92 Å². The Morgan fingerprint density at radius 2 is 2.05 bits per heavy atom. The van der Waals surface area contributed by atoms with E-state index in [4.69, 9.17) is 5.11 Å². The van der Waals surface area contributed by atoms with E-state index in [9.17, 15) is 9.59 Å². The lowest BCUT2D eigenvalue weighted by atomic mass is 10.2. The number of hydrogen-bond acceptors (Lipinski definition) is 2. The molecule has 1 aromatic rings. The lowest BCUT2D eigenvalue weighted by Gasteiger charge is -2.20. The Bertz CT molecular complexity index is 471. The number of carboxylic acids is 1. The van der Waals surface area contributed by atoms with Crippen molar-refractivity contribution >= 4 is 33.6 Å². The minimum atomic E-state index is -0.919. The average molecular weight is 329 g/mol. The summed E-state index contributed by atoms with van der Waals surface area (Å²) in [4.78, 5) is 24.0. The predicted molar refractivity (Wildman–Crippen MR) is 77.3 cm³/mol. The van der Waals surface area contributed by atoms with Gasteiger partial charge < -0.3 is 15.3 Å². The van der Waals surface area contributed by atoms with Crippen LogP contribution in [0.25, 0.3) is 0 Å². The number of urea groups is 1. The van der Waals surface area contributed by atoms with Crippen LogP contribution in [-0.4, -0.2) is 35.6 Å². The molecule has 0 heterocycles. The number of benzene rings is 1.